The first-order valence-corrected chi connectivity index (χ1v) is 10.4. The third kappa shape index (κ3) is 3.35. The van der Waals surface area contributed by atoms with Gasteiger partial charge in [-0.2, -0.15) is 18.4 Å². The second kappa shape index (κ2) is 7.18. The molecular formula is C22H22F3N3O5. The van der Waals surface area contributed by atoms with Gasteiger partial charge in [0, 0.05) is 6.42 Å². The second-order valence-electron chi connectivity index (χ2n) is 9.26. The third-order valence-corrected chi connectivity index (χ3v) is 6.66. The molecule has 3 heterocycles. The van der Waals surface area contributed by atoms with E-state index >= 15 is 0 Å². The van der Waals surface area contributed by atoms with Crippen LogP contribution in [0, 0.1) is 23.2 Å². The minimum Gasteiger partial charge on any atom is -0.447 e. The van der Waals surface area contributed by atoms with Crippen molar-refractivity contribution in [1.29, 1.82) is 5.26 Å². The number of hydrogen-bond donors (Lipinski definition) is 1. The maximum absolute atomic E-state index is 13.4. The Balaban J connectivity index is 1.70. The number of ether oxygens (including phenoxy) is 2. The van der Waals surface area contributed by atoms with Crippen LogP contribution in [0.5, 0.6) is 0 Å². The van der Waals surface area contributed by atoms with Gasteiger partial charge in [-0.05, 0) is 45.9 Å². The average Bonchev–Trinajstić information content (AvgIpc) is 3.21. The monoisotopic (exact) mass is 465 g/mol. The van der Waals surface area contributed by atoms with Crippen molar-refractivity contribution in [2.75, 3.05) is 4.90 Å². The Morgan fingerprint density at radius 2 is 1.91 bits per heavy atom. The summed E-state index contributed by atoms with van der Waals surface area (Å²) in [4.78, 5) is 39.6. The molecule has 3 aliphatic heterocycles. The molecule has 1 aromatic rings. The number of nitrogens with one attached hydrogen (secondary N) is 1. The van der Waals surface area contributed by atoms with Crippen LogP contribution in [0.1, 0.15) is 45.2 Å². The number of nitrogens with zero attached hydrogens (tertiary/aromatic N) is 2. The lowest BCUT2D eigenvalue weighted by atomic mass is 9.66. The molecule has 3 saturated heterocycles. The molecule has 0 aliphatic carbocycles. The van der Waals surface area contributed by atoms with E-state index in [0.29, 0.717) is 6.07 Å². The quantitative estimate of drug-likeness (QED) is 0.687. The summed E-state index contributed by atoms with van der Waals surface area (Å²) < 4.78 is 51.5. The van der Waals surface area contributed by atoms with Crippen LogP contribution < -0.4 is 10.2 Å². The normalized spacial score (nSPS) is 32.8. The number of anilines is 1. The van der Waals surface area contributed by atoms with Crippen molar-refractivity contribution in [2.24, 2.45) is 11.8 Å². The van der Waals surface area contributed by atoms with Crippen LogP contribution in [0.3, 0.4) is 0 Å². The Hall–Kier alpha value is -3.13. The molecule has 11 heteroatoms. The predicted octanol–water partition coefficient (Wildman–Crippen LogP) is 3.14. The van der Waals surface area contributed by atoms with Crippen molar-refractivity contribution in [3.8, 4) is 6.07 Å². The van der Waals surface area contributed by atoms with Crippen molar-refractivity contribution >= 4 is 23.6 Å². The highest BCUT2D eigenvalue weighted by Crippen LogP contribution is 2.61. The molecule has 3 fully saturated rings. The smallest absolute Gasteiger partial charge is 0.417 e. The zero-order valence-corrected chi connectivity index (χ0v) is 18.3. The number of hydrogen-bond acceptors (Lipinski definition) is 6. The Kier molecular flexibility index (Phi) is 5.02. The number of rotatable bonds is 3. The molecule has 0 unspecified atom stereocenters. The van der Waals surface area contributed by atoms with Crippen LogP contribution >= 0.6 is 0 Å². The van der Waals surface area contributed by atoms with Crippen molar-refractivity contribution in [1.82, 2.24) is 5.32 Å². The summed E-state index contributed by atoms with van der Waals surface area (Å²) in [5.41, 5.74) is -4.46. The van der Waals surface area contributed by atoms with Crippen molar-refractivity contribution in [3.05, 3.63) is 29.3 Å². The van der Waals surface area contributed by atoms with E-state index in [-0.39, 0.29) is 18.2 Å². The highest BCUT2D eigenvalue weighted by atomic mass is 19.4. The van der Waals surface area contributed by atoms with Gasteiger partial charge in [-0.15, -0.1) is 0 Å². The zero-order chi connectivity index (χ0) is 24.5. The standard InChI is InChI=1S/C22H22F3N3O5/c1-10(2)32-19(31)27-14-8-20(3)15-16(21(14,4)33-20)18(30)28(17(15)29)12-6-5-11(9-26)13(7-12)22(23,24)25/h5-7,10,14-16H,8H2,1-4H3,(H,27,31)/t14-,15-,16+,20-,21-/m1/s1. The Bertz CT molecular complexity index is 1100. The number of amides is 3. The molecular weight excluding hydrogens is 443 g/mol. The number of alkyl halides is 3. The SMILES string of the molecule is CC(C)OC(=O)N[C@@H]1C[C@@]2(C)O[C@@]1(C)[C@@H]1C(=O)N(c3ccc(C#N)c(C(F)(F)F)c3)C(=O)[C@@H]12. The van der Waals surface area contributed by atoms with Gasteiger partial charge in [-0.1, -0.05) is 0 Å². The first-order valence-electron chi connectivity index (χ1n) is 10.4. The topological polar surface area (TPSA) is 109 Å². The first kappa shape index (κ1) is 23.0. The van der Waals surface area contributed by atoms with Crippen molar-refractivity contribution < 1.29 is 37.0 Å². The van der Waals surface area contributed by atoms with Crippen LogP contribution in [-0.4, -0.2) is 41.3 Å². The average molecular weight is 465 g/mol. The van der Waals surface area contributed by atoms with Crippen LogP contribution in [-0.2, 0) is 25.2 Å². The van der Waals surface area contributed by atoms with E-state index in [0.717, 1.165) is 17.0 Å². The molecule has 4 rings (SSSR count). The first-order chi connectivity index (χ1) is 15.2. The number of nitriles is 1. The van der Waals surface area contributed by atoms with Crippen LogP contribution in [0.15, 0.2) is 18.2 Å². The van der Waals surface area contributed by atoms with E-state index in [1.165, 1.54) is 6.07 Å². The summed E-state index contributed by atoms with van der Waals surface area (Å²) in [6, 6.07) is 3.56. The molecule has 0 spiro atoms. The number of fused-ring (bicyclic) bond motifs is 5. The molecule has 3 amide bonds. The van der Waals surface area contributed by atoms with Crippen molar-refractivity contribution in [2.45, 2.75) is 63.6 Å². The molecule has 0 aromatic heterocycles. The molecule has 3 aliphatic rings. The summed E-state index contributed by atoms with van der Waals surface area (Å²) in [7, 11) is 0. The molecule has 5 atom stereocenters. The maximum Gasteiger partial charge on any atom is 0.417 e. The Labute approximate surface area is 187 Å². The number of carbonyl (C=O) groups is 3. The fourth-order valence-electron chi connectivity index (χ4n) is 5.40. The highest BCUT2D eigenvalue weighted by Gasteiger charge is 2.76. The molecule has 2 bridgehead atoms. The molecule has 176 valence electrons. The van der Waals surface area contributed by atoms with Gasteiger partial charge in [0.05, 0.1) is 58.1 Å². The maximum atomic E-state index is 13.4. The summed E-state index contributed by atoms with van der Waals surface area (Å²) in [6.45, 7) is 6.62. The lowest BCUT2D eigenvalue weighted by molar-refractivity contribution is -0.138. The van der Waals surface area contributed by atoms with Gasteiger partial charge in [-0.3, -0.25) is 9.59 Å². The van der Waals surface area contributed by atoms with E-state index < -0.39 is 64.3 Å². The fourth-order valence-corrected chi connectivity index (χ4v) is 5.40. The Morgan fingerprint density at radius 3 is 2.48 bits per heavy atom. The van der Waals surface area contributed by atoms with Gasteiger partial charge < -0.3 is 14.8 Å². The summed E-state index contributed by atoms with van der Waals surface area (Å²) in [5, 5.41) is 11.7. The third-order valence-electron chi connectivity index (χ3n) is 6.66. The number of benzene rings is 1. The highest BCUT2D eigenvalue weighted by molar-refractivity contribution is 6.23. The summed E-state index contributed by atoms with van der Waals surface area (Å²) >= 11 is 0. The van der Waals surface area contributed by atoms with E-state index in [1.54, 1.807) is 27.7 Å². The molecule has 0 saturated carbocycles. The van der Waals surface area contributed by atoms with Gasteiger partial charge >= 0.3 is 12.3 Å². The summed E-state index contributed by atoms with van der Waals surface area (Å²) in [6.07, 6.45) is -5.67. The van der Waals surface area contributed by atoms with Gasteiger partial charge in [-0.25, -0.2) is 9.69 Å². The lowest BCUT2D eigenvalue weighted by Crippen LogP contribution is -2.56. The molecule has 0 radical (unpaired) electrons. The summed E-state index contributed by atoms with van der Waals surface area (Å²) in [5.74, 6) is -3.30. The minimum absolute atomic E-state index is 0.228. The van der Waals surface area contributed by atoms with Crippen molar-refractivity contribution in [3.63, 3.8) is 0 Å². The predicted molar refractivity (Wildman–Crippen MR) is 107 cm³/mol. The number of alkyl carbamates (subject to hydrolysis) is 1. The molecule has 1 aromatic carbocycles. The number of carbonyl (C=O) groups excluding carboxylic acids is 3. The molecule has 8 nitrogen and oxygen atoms in total. The Morgan fingerprint density at radius 1 is 1.27 bits per heavy atom. The van der Waals surface area contributed by atoms with Crippen LogP contribution in [0.25, 0.3) is 0 Å². The zero-order valence-electron chi connectivity index (χ0n) is 18.3. The van der Waals surface area contributed by atoms with E-state index in [9.17, 15) is 27.6 Å². The molecule has 33 heavy (non-hydrogen) atoms. The van der Waals surface area contributed by atoms with Gasteiger partial charge in [0.1, 0.15) is 0 Å². The second-order valence-corrected chi connectivity index (χ2v) is 9.26. The van der Waals surface area contributed by atoms with E-state index in [4.69, 9.17) is 14.7 Å². The number of halogens is 3. The van der Waals surface area contributed by atoms with Crippen LogP contribution in [0.4, 0.5) is 23.7 Å². The number of imide groups is 1. The van der Waals surface area contributed by atoms with Gasteiger partial charge in [0.2, 0.25) is 11.8 Å². The lowest BCUT2D eigenvalue weighted by Gasteiger charge is -2.35. The molecule has 1 N–H and O–H groups in total. The van der Waals surface area contributed by atoms with Gasteiger partial charge in [0.15, 0.2) is 0 Å². The van der Waals surface area contributed by atoms with E-state index in [2.05, 4.69) is 5.32 Å². The largest absolute Gasteiger partial charge is 0.447 e. The van der Waals surface area contributed by atoms with E-state index in [1.807, 2.05) is 0 Å². The fraction of sp³-hybridized carbons (Fsp3) is 0.545. The van der Waals surface area contributed by atoms with Crippen LogP contribution in [0.2, 0.25) is 0 Å². The minimum atomic E-state index is -4.84. The van der Waals surface area contributed by atoms with Gasteiger partial charge in [0.25, 0.3) is 0 Å².